The largest absolute Gasteiger partial charge is 0.172 e. The molecule has 0 amide bonds. The van der Waals surface area contributed by atoms with Gasteiger partial charge in [-0.25, -0.2) is 0 Å². The van der Waals surface area contributed by atoms with E-state index in [1.54, 1.807) is 11.1 Å². The average Bonchev–Trinajstić information content (AvgIpc) is 4.18. The van der Waals surface area contributed by atoms with Crippen molar-refractivity contribution in [2.75, 3.05) is 0 Å². The summed E-state index contributed by atoms with van der Waals surface area (Å²) in [5, 5.41) is 2.85. The molecule has 3 aromatic heterocycles. The molecule has 1 aliphatic carbocycles. The summed E-state index contributed by atoms with van der Waals surface area (Å²) in [4.78, 5) is 5.59. The minimum atomic E-state index is 0.0212. The third-order valence-electron chi connectivity index (χ3n) is 16.1. The number of aromatic nitrogens is 2. The van der Waals surface area contributed by atoms with Crippen molar-refractivity contribution in [3.63, 3.8) is 0 Å². The number of rotatable bonds is 31. The summed E-state index contributed by atoms with van der Waals surface area (Å²) in [5.74, 6) is 0. The Labute approximate surface area is 436 Å². The Bertz CT molecular complexity index is 2710. The lowest BCUT2D eigenvalue weighted by Crippen LogP contribution is -2.26. The van der Waals surface area contributed by atoms with Crippen molar-refractivity contribution in [2.24, 2.45) is 0 Å². The van der Waals surface area contributed by atoms with Gasteiger partial charge in [-0.2, -0.15) is 8.75 Å². The molecule has 2 nitrogen and oxygen atoms in total. The Balaban J connectivity index is 1.18. The average molecular weight is 992 g/mol. The maximum Gasteiger partial charge on any atom is 0.114 e. The van der Waals surface area contributed by atoms with Gasteiger partial charge in [0.2, 0.25) is 0 Å². The van der Waals surface area contributed by atoms with Gasteiger partial charge in [-0.15, -0.1) is 22.7 Å². The third kappa shape index (κ3) is 12.2. The lowest BCUT2D eigenvalue weighted by Gasteiger charge is -2.33. The predicted octanol–water partition coefficient (Wildman–Crippen LogP) is 22.2. The van der Waals surface area contributed by atoms with E-state index < -0.39 is 0 Å². The van der Waals surface area contributed by atoms with E-state index in [0.29, 0.717) is 0 Å². The predicted molar refractivity (Wildman–Crippen MR) is 313 cm³/mol. The van der Waals surface area contributed by atoms with Crippen LogP contribution in [0.2, 0.25) is 0 Å². The van der Waals surface area contributed by atoms with Gasteiger partial charge in [-0.3, -0.25) is 0 Å². The van der Waals surface area contributed by atoms with Gasteiger partial charge in [0.15, 0.2) is 0 Å². The zero-order chi connectivity index (χ0) is 48.7. The van der Waals surface area contributed by atoms with Crippen LogP contribution in [-0.2, 0) is 18.3 Å². The van der Waals surface area contributed by atoms with Gasteiger partial charge in [0.1, 0.15) is 11.0 Å². The van der Waals surface area contributed by atoms with Crippen LogP contribution in [0.5, 0.6) is 0 Å². The molecule has 1 aliphatic rings. The molecule has 0 N–H and O–H groups in total. The van der Waals surface area contributed by atoms with Gasteiger partial charge in [0.25, 0.3) is 0 Å². The number of hydrogen-bond acceptors (Lipinski definition) is 5. The first-order chi connectivity index (χ1) is 34.4. The highest BCUT2D eigenvalue weighted by Crippen LogP contribution is 2.58. The molecule has 0 bridgehead atoms. The van der Waals surface area contributed by atoms with Gasteiger partial charge in [0.05, 0.1) is 11.7 Å². The van der Waals surface area contributed by atoms with Crippen LogP contribution in [0.15, 0.2) is 72.8 Å². The molecule has 0 unspecified atom stereocenters. The molecule has 70 heavy (non-hydrogen) atoms. The van der Waals surface area contributed by atoms with Crippen molar-refractivity contribution in [1.29, 1.82) is 0 Å². The summed E-state index contributed by atoms with van der Waals surface area (Å²) >= 11 is 5.33. The Kier molecular flexibility index (Phi) is 19.8. The Morgan fingerprint density at radius 2 is 0.929 bits per heavy atom. The van der Waals surface area contributed by atoms with Gasteiger partial charge in [-0.1, -0.05) is 224 Å². The van der Waals surface area contributed by atoms with E-state index in [2.05, 4.69) is 114 Å². The van der Waals surface area contributed by atoms with E-state index in [9.17, 15) is 0 Å². The molecule has 3 heterocycles. The topological polar surface area (TPSA) is 25.8 Å². The van der Waals surface area contributed by atoms with E-state index in [1.807, 2.05) is 22.7 Å². The van der Waals surface area contributed by atoms with E-state index in [4.69, 9.17) is 8.75 Å². The van der Waals surface area contributed by atoms with Crippen molar-refractivity contribution in [2.45, 2.75) is 227 Å². The molecule has 0 radical (unpaired) electrons. The van der Waals surface area contributed by atoms with Crippen molar-refractivity contribution in [3.8, 4) is 42.4 Å². The van der Waals surface area contributed by atoms with E-state index in [1.165, 1.54) is 260 Å². The highest BCUT2D eigenvalue weighted by atomic mass is 32.1. The molecule has 0 fully saturated rings. The van der Waals surface area contributed by atoms with Crippen LogP contribution in [0.4, 0.5) is 0 Å². The normalized spacial score (nSPS) is 13.0. The number of hydrogen-bond donors (Lipinski definition) is 0. The van der Waals surface area contributed by atoms with Gasteiger partial charge in [0, 0.05) is 36.1 Å². The number of fused-ring (bicyclic) bond motifs is 6. The molecule has 4 aromatic carbocycles. The first-order valence-electron chi connectivity index (χ1n) is 28.6. The highest BCUT2D eigenvalue weighted by molar-refractivity contribution is 7.19. The standard InChI is InChI=1S/C65H86N2S3/c1-7-11-15-19-23-27-33-49-45-59(68-48(49)6)55-39-40-56(63-62(55)66-70-67-63)60-46-50(34-28-24-20-16-12-8-2)64(69-60)51-37-38-54-57(44-51)65(41-31-25-21-17-13-9-3,42-32-26-22-18-14-10-4)58-43-47(5)52-35-29-30-36-53(52)61(54)58/h29-30,35-40,43-46H,7-28,31-34,41-42H2,1-6H3. The zero-order valence-electron chi connectivity index (χ0n) is 44.3. The maximum absolute atomic E-state index is 5.08. The molecule has 0 aliphatic heterocycles. The molecule has 374 valence electrons. The second-order valence-corrected chi connectivity index (χ2v) is 24.2. The second kappa shape index (κ2) is 26.4. The number of nitrogens with zero attached hydrogens (tertiary/aromatic N) is 2. The third-order valence-corrected chi connectivity index (χ3v) is 19.0. The lowest BCUT2D eigenvalue weighted by atomic mass is 9.70. The Morgan fingerprint density at radius 3 is 1.51 bits per heavy atom. The molecule has 0 saturated heterocycles. The fraction of sp³-hybridized carbons (Fsp3) is 0.538. The number of aryl methyl sites for hydroxylation is 4. The molecule has 0 spiro atoms. The van der Waals surface area contributed by atoms with Crippen LogP contribution in [0, 0.1) is 13.8 Å². The van der Waals surface area contributed by atoms with Gasteiger partial charge < -0.3 is 0 Å². The van der Waals surface area contributed by atoms with Gasteiger partial charge >= 0.3 is 0 Å². The summed E-state index contributed by atoms with van der Waals surface area (Å²) in [6.07, 6.45) is 36.6. The summed E-state index contributed by atoms with van der Waals surface area (Å²) in [6, 6.07) is 29.5. The van der Waals surface area contributed by atoms with Crippen LogP contribution < -0.4 is 0 Å². The smallest absolute Gasteiger partial charge is 0.114 e. The van der Waals surface area contributed by atoms with Crippen molar-refractivity contribution in [1.82, 2.24) is 8.75 Å². The quantitative estimate of drug-likeness (QED) is 0.0405. The van der Waals surface area contributed by atoms with E-state index in [-0.39, 0.29) is 5.41 Å². The molecule has 0 atom stereocenters. The van der Waals surface area contributed by atoms with Crippen LogP contribution in [0.25, 0.3) is 64.3 Å². The minimum absolute atomic E-state index is 0.0212. The van der Waals surface area contributed by atoms with Crippen LogP contribution in [0.3, 0.4) is 0 Å². The van der Waals surface area contributed by atoms with Gasteiger partial charge in [-0.05, 0) is 126 Å². The van der Waals surface area contributed by atoms with Crippen LogP contribution in [0.1, 0.15) is 227 Å². The number of benzene rings is 4. The SMILES string of the molecule is CCCCCCCCc1cc(-c2ccc(-c3cc(CCCCCCCC)c(-c4ccc5c(c4)C(CCCCCCCC)(CCCCCCCC)c4cc(C)c6ccccc6c4-5)s3)c3nsnc23)sc1C. The lowest BCUT2D eigenvalue weighted by molar-refractivity contribution is 0.398. The van der Waals surface area contributed by atoms with Crippen LogP contribution >= 0.6 is 34.4 Å². The Hall–Kier alpha value is -3.64. The molecular weight excluding hydrogens is 905 g/mol. The Morgan fingerprint density at radius 1 is 0.443 bits per heavy atom. The summed E-state index contributed by atoms with van der Waals surface area (Å²) in [5.41, 5.74) is 16.7. The van der Waals surface area contributed by atoms with Crippen LogP contribution in [-0.4, -0.2) is 8.75 Å². The first-order valence-corrected chi connectivity index (χ1v) is 30.9. The summed E-state index contributed by atoms with van der Waals surface area (Å²) in [6.45, 7) is 14.0. The number of unbranched alkanes of at least 4 members (excludes halogenated alkanes) is 20. The highest BCUT2D eigenvalue weighted by Gasteiger charge is 2.43. The summed E-state index contributed by atoms with van der Waals surface area (Å²) < 4.78 is 10.1. The second-order valence-electron chi connectivity index (χ2n) is 21.4. The van der Waals surface area contributed by atoms with Crippen molar-refractivity contribution < 1.29 is 0 Å². The van der Waals surface area contributed by atoms with Crippen molar-refractivity contribution in [3.05, 3.63) is 105 Å². The maximum atomic E-state index is 5.08. The van der Waals surface area contributed by atoms with E-state index >= 15 is 0 Å². The zero-order valence-corrected chi connectivity index (χ0v) is 46.8. The molecule has 7 aromatic rings. The summed E-state index contributed by atoms with van der Waals surface area (Å²) in [7, 11) is 0. The fourth-order valence-corrected chi connectivity index (χ4v) is 15.0. The molecule has 5 heteroatoms. The molecule has 0 saturated carbocycles. The van der Waals surface area contributed by atoms with Crippen molar-refractivity contribution >= 4 is 56.2 Å². The van der Waals surface area contributed by atoms with E-state index in [0.717, 1.165) is 17.5 Å². The first kappa shape index (κ1) is 52.7. The minimum Gasteiger partial charge on any atom is -0.172 e. The fourth-order valence-electron chi connectivity index (χ4n) is 12.1. The molecular formula is C65H86N2S3. The number of thiophene rings is 2. The monoisotopic (exact) mass is 991 g/mol. The molecule has 8 rings (SSSR count).